The van der Waals surface area contributed by atoms with Crippen molar-refractivity contribution in [1.29, 1.82) is 0 Å². The molecule has 1 aliphatic heterocycles. The maximum atomic E-state index is 13.2. The molecule has 0 bridgehead atoms. The normalized spacial score (nSPS) is 19.6. The summed E-state index contributed by atoms with van der Waals surface area (Å²) >= 11 is 0. The number of aliphatic hydroxyl groups is 1. The molecule has 27 heavy (non-hydrogen) atoms. The van der Waals surface area contributed by atoms with Gasteiger partial charge in [-0.15, -0.1) is 12.4 Å². The molecule has 150 valence electrons. The van der Waals surface area contributed by atoms with Crippen LogP contribution < -0.4 is 5.32 Å². The first kappa shape index (κ1) is 21.7. The van der Waals surface area contributed by atoms with Crippen molar-refractivity contribution in [2.75, 3.05) is 6.54 Å². The highest BCUT2D eigenvalue weighted by Crippen LogP contribution is 2.39. The topological polar surface area (TPSA) is 45.2 Å². The van der Waals surface area contributed by atoms with Crippen molar-refractivity contribution in [3.63, 3.8) is 0 Å². The van der Waals surface area contributed by atoms with E-state index in [1.54, 1.807) is 0 Å². The van der Waals surface area contributed by atoms with Crippen LogP contribution in [0.3, 0.4) is 0 Å². The average molecular weight is 415 g/mol. The molecule has 1 saturated heterocycles. The van der Waals surface area contributed by atoms with Gasteiger partial charge in [0.05, 0.1) is 17.2 Å². The van der Waals surface area contributed by atoms with E-state index in [0.29, 0.717) is 25.1 Å². The smallest absolute Gasteiger partial charge is 0.387 e. The zero-order chi connectivity index (χ0) is 19.1. The second-order valence-corrected chi connectivity index (χ2v) is 6.30. The molecule has 0 spiro atoms. The number of benzene rings is 1. The van der Waals surface area contributed by atoms with Gasteiger partial charge in [-0.3, -0.25) is 0 Å². The van der Waals surface area contributed by atoms with Crippen molar-refractivity contribution in [1.82, 2.24) is 10.3 Å². The summed E-state index contributed by atoms with van der Waals surface area (Å²) in [4.78, 5) is 3.22. The van der Waals surface area contributed by atoms with Crippen LogP contribution >= 0.6 is 12.4 Å². The Balaban J connectivity index is 0.00000261. The van der Waals surface area contributed by atoms with Gasteiger partial charge in [-0.05, 0) is 37.1 Å². The van der Waals surface area contributed by atoms with Crippen molar-refractivity contribution in [3.8, 4) is 0 Å². The minimum absolute atomic E-state index is 0. The highest BCUT2D eigenvalue weighted by Gasteiger charge is 2.38. The van der Waals surface area contributed by atoms with E-state index in [9.17, 15) is 31.4 Å². The van der Waals surface area contributed by atoms with Crippen LogP contribution in [0.2, 0.25) is 0 Å². The van der Waals surface area contributed by atoms with Crippen molar-refractivity contribution in [2.45, 2.75) is 43.8 Å². The Morgan fingerprint density at radius 3 is 2.33 bits per heavy atom. The summed E-state index contributed by atoms with van der Waals surface area (Å²) in [5, 5.41) is 13.5. The Kier molecular flexibility index (Phi) is 6.28. The van der Waals surface area contributed by atoms with Gasteiger partial charge in [0.25, 0.3) is 0 Å². The number of fused-ring (bicyclic) bond motifs is 1. The molecule has 1 fully saturated rings. The first-order chi connectivity index (χ1) is 12.1. The van der Waals surface area contributed by atoms with Gasteiger partial charge in [0.2, 0.25) is 0 Å². The van der Waals surface area contributed by atoms with Crippen LogP contribution in [0.25, 0.3) is 10.9 Å². The van der Waals surface area contributed by atoms with E-state index in [4.69, 9.17) is 0 Å². The highest BCUT2D eigenvalue weighted by atomic mass is 35.5. The van der Waals surface area contributed by atoms with Crippen molar-refractivity contribution in [2.24, 2.45) is 0 Å². The van der Waals surface area contributed by atoms with E-state index in [0.717, 1.165) is 18.9 Å². The SMILES string of the molecule is Cl.O[C@@H](c1cc(C(F)(F)F)nc2c(C(F)(F)F)cccc12)[C@H]1CCCCN1. The maximum Gasteiger partial charge on any atom is 0.433 e. The first-order valence-corrected chi connectivity index (χ1v) is 8.08. The molecule has 0 aliphatic carbocycles. The molecule has 3 nitrogen and oxygen atoms in total. The van der Waals surface area contributed by atoms with Crippen LogP contribution in [-0.2, 0) is 12.4 Å². The number of rotatable bonds is 2. The summed E-state index contributed by atoms with van der Waals surface area (Å²) in [7, 11) is 0. The Bertz CT molecular complexity index is 802. The van der Waals surface area contributed by atoms with E-state index >= 15 is 0 Å². The lowest BCUT2D eigenvalue weighted by Crippen LogP contribution is -2.39. The van der Waals surface area contributed by atoms with Gasteiger partial charge in [-0.25, -0.2) is 4.98 Å². The molecule has 0 saturated carbocycles. The molecule has 3 rings (SSSR count). The number of hydrogen-bond acceptors (Lipinski definition) is 3. The Labute approximate surface area is 157 Å². The van der Waals surface area contributed by atoms with E-state index < -0.39 is 41.3 Å². The Hall–Kier alpha value is -1.58. The number of para-hydroxylation sites is 1. The number of nitrogens with one attached hydrogen (secondary N) is 1. The summed E-state index contributed by atoms with van der Waals surface area (Å²) in [5.41, 5.74) is -3.72. The summed E-state index contributed by atoms with van der Waals surface area (Å²) in [5.74, 6) is 0. The van der Waals surface area contributed by atoms with Gasteiger partial charge in [-0.2, -0.15) is 26.3 Å². The van der Waals surface area contributed by atoms with Crippen molar-refractivity contribution < 1.29 is 31.4 Å². The predicted molar refractivity (Wildman–Crippen MR) is 89.6 cm³/mol. The number of pyridine rings is 1. The van der Waals surface area contributed by atoms with Crippen LogP contribution in [0.4, 0.5) is 26.3 Å². The van der Waals surface area contributed by atoms with Gasteiger partial charge in [0.15, 0.2) is 0 Å². The molecule has 0 radical (unpaired) electrons. The van der Waals surface area contributed by atoms with E-state index in [1.165, 1.54) is 6.07 Å². The minimum atomic E-state index is -4.93. The molecule has 0 amide bonds. The predicted octanol–water partition coefficient (Wildman–Crippen LogP) is 4.87. The zero-order valence-corrected chi connectivity index (χ0v) is 14.7. The highest BCUT2D eigenvalue weighted by molar-refractivity contribution is 5.86. The molecule has 2 aromatic rings. The monoisotopic (exact) mass is 414 g/mol. The molecule has 2 heterocycles. The standard InChI is InChI=1S/C17H16F6N2O.ClH/c18-16(19,20)11-5-3-4-9-10(15(26)12-6-1-2-7-24-12)8-13(17(21,22)23)25-14(9)11;/h3-5,8,12,15,24,26H,1-2,6-7H2;1H/t12-,15+;/m1./s1. The van der Waals surface area contributed by atoms with E-state index in [-0.39, 0.29) is 23.4 Å². The van der Waals surface area contributed by atoms with Crippen LogP contribution in [0.15, 0.2) is 24.3 Å². The molecular weight excluding hydrogens is 398 g/mol. The van der Waals surface area contributed by atoms with Crippen LogP contribution in [-0.4, -0.2) is 22.7 Å². The van der Waals surface area contributed by atoms with E-state index in [2.05, 4.69) is 10.3 Å². The third kappa shape index (κ3) is 4.47. The van der Waals surface area contributed by atoms with Crippen molar-refractivity contribution in [3.05, 3.63) is 41.1 Å². The molecule has 2 N–H and O–H groups in total. The quantitative estimate of drug-likeness (QED) is 0.689. The first-order valence-electron chi connectivity index (χ1n) is 8.08. The Morgan fingerprint density at radius 1 is 1.07 bits per heavy atom. The average Bonchev–Trinajstić information content (AvgIpc) is 2.58. The summed E-state index contributed by atoms with van der Waals surface area (Å²) < 4.78 is 79.3. The lowest BCUT2D eigenvalue weighted by Gasteiger charge is -2.29. The number of nitrogens with zero attached hydrogens (tertiary/aromatic N) is 1. The number of hydrogen-bond donors (Lipinski definition) is 2. The largest absolute Gasteiger partial charge is 0.433 e. The fourth-order valence-corrected chi connectivity index (χ4v) is 3.26. The molecule has 1 aliphatic rings. The summed E-state index contributed by atoms with van der Waals surface area (Å²) in [6.45, 7) is 0.588. The lowest BCUT2D eigenvalue weighted by molar-refractivity contribution is -0.142. The summed E-state index contributed by atoms with van der Waals surface area (Å²) in [6, 6.07) is 3.16. The number of alkyl halides is 6. The van der Waals surface area contributed by atoms with Gasteiger partial charge in [-0.1, -0.05) is 18.6 Å². The van der Waals surface area contributed by atoms with Crippen molar-refractivity contribution >= 4 is 23.3 Å². The van der Waals surface area contributed by atoms with Gasteiger partial charge >= 0.3 is 12.4 Å². The molecule has 10 heteroatoms. The molecular formula is C17H17ClF6N2O. The van der Waals surface area contributed by atoms with Gasteiger partial charge < -0.3 is 10.4 Å². The lowest BCUT2D eigenvalue weighted by atomic mass is 9.91. The van der Waals surface area contributed by atoms with Gasteiger partial charge in [0, 0.05) is 11.4 Å². The van der Waals surface area contributed by atoms with Crippen LogP contribution in [0.5, 0.6) is 0 Å². The second kappa shape index (κ2) is 7.81. The third-order valence-electron chi connectivity index (χ3n) is 4.52. The number of aliphatic hydroxyl groups excluding tert-OH is 1. The molecule has 1 aromatic carbocycles. The zero-order valence-electron chi connectivity index (χ0n) is 13.9. The molecule has 2 atom stereocenters. The van der Waals surface area contributed by atoms with Crippen LogP contribution in [0.1, 0.15) is 42.2 Å². The molecule has 1 aromatic heterocycles. The number of halogens is 7. The fraction of sp³-hybridized carbons (Fsp3) is 0.471. The number of aromatic nitrogens is 1. The fourth-order valence-electron chi connectivity index (χ4n) is 3.26. The van der Waals surface area contributed by atoms with E-state index in [1.807, 2.05) is 0 Å². The number of piperidine rings is 1. The van der Waals surface area contributed by atoms with Gasteiger partial charge in [0.1, 0.15) is 5.69 Å². The second-order valence-electron chi connectivity index (χ2n) is 6.30. The summed E-state index contributed by atoms with van der Waals surface area (Å²) in [6.07, 6.45) is -9.00. The minimum Gasteiger partial charge on any atom is -0.387 e. The Morgan fingerprint density at radius 2 is 1.78 bits per heavy atom. The molecule has 0 unspecified atom stereocenters. The van der Waals surface area contributed by atoms with Crippen LogP contribution in [0, 0.1) is 0 Å². The maximum absolute atomic E-state index is 13.2. The third-order valence-corrected chi connectivity index (χ3v) is 4.52.